The van der Waals surface area contributed by atoms with Crippen molar-refractivity contribution in [1.29, 1.82) is 0 Å². The highest BCUT2D eigenvalue weighted by Gasteiger charge is 2.33. The smallest absolute Gasteiger partial charge is 0.334 e. The molecule has 0 N–H and O–H groups in total. The van der Waals surface area contributed by atoms with Gasteiger partial charge in [0.1, 0.15) is 12.9 Å². The largest absolute Gasteiger partial charge is 0.416 e. The minimum absolute atomic E-state index is 0.0253. The number of likely N-dealkylation sites (tertiary alicyclic amines) is 1. The molecule has 1 aliphatic heterocycles. The summed E-state index contributed by atoms with van der Waals surface area (Å²) in [6.45, 7) is 0.490. The van der Waals surface area contributed by atoms with Crippen molar-refractivity contribution in [1.82, 2.24) is 25.1 Å². The lowest BCUT2D eigenvalue weighted by molar-refractivity contribution is -0.137. The van der Waals surface area contributed by atoms with E-state index in [9.17, 15) is 18.0 Å². The van der Waals surface area contributed by atoms with Crippen molar-refractivity contribution < 1.29 is 18.0 Å². The number of carbonyl (C=O) groups is 1. The molecule has 0 bridgehead atoms. The molecule has 2 aromatic rings. The first kappa shape index (κ1) is 16.4. The number of hydrogen-bond donors (Lipinski definition) is 0. The topological polar surface area (TPSA) is 63.9 Å². The predicted octanol–water partition coefficient (Wildman–Crippen LogP) is 2.45. The van der Waals surface area contributed by atoms with Gasteiger partial charge in [0, 0.05) is 6.54 Å². The van der Waals surface area contributed by atoms with Crippen LogP contribution in [-0.4, -0.2) is 37.6 Å². The van der Waals surface area contributed by atoms with Crippen LogP contribution in [0.15, 0.2) is 30.6 Å². The van der Waals surface area contributed by atoms with E-state index in [1.807, 2.05) is 0 Å². The summed E-state index contributed by atoms with van der Waals surface area (Å²) in [7, 11) is 0. The zero-order valence-corrected chi connectivity index (χ0v) is 12.8. The van der Waals surface area contributed by atoms with Crippen molar-refractivity contribution in [3.05, 3.63) is 41.7 Å². The maximum Gasteiger partial charge on any atom is 0.416 e. The van der Waals surface area contributed by atoms with Gasteiger partial charge in [-0.3, -0.25) is 4.79 Å². The number of halogens is 3. The number of piperidine rings is 1. The number of nitrogens with zero attached hydrogens (tertiary/aromatic N) is 5. The van der Waals surface area contributed by atoms with Gasteiger partial charge >= 0.3 is 6.18 Å². The summed E-state index contributed by atoms with van der Waals surface area (Å²) in [6.07, 6.45) is -0.720. The number of benzene rings is 1. The second kappa shape index (κ2) is 6.58. The van der Waals surface area contributed by atoms with Gasteiger partial charge in [-0.2, -0.15) is 13.2 Å². The van der Waals surface area contributed by atoms with Gasteiger partial charge in [0.15, 0.2) is 0 Å². The third-order valence-corrected chi connectivity index (χ3v) is 4.11. The first-order valence-electron chi connectivity index (χ1n) is 7.62. The van der Waals surface area contributed by atoms with E-state index in [4.69, 9.17) is 0 Å². The Labute approximate surface area is 136 Å². The van der Waals surface area contributed by atoms with Gasteiger partial charge in [0.2, 0.25) is 5.91 Å². The van der Waals surface area contributed by atoms with Gasteiger partial charge in [0.25, 0.3) is 0 Å². The van der Waals surface area contributed by atoms with Gasteiger partial charge in [-0.05, 0) is 47.4 Å². The van der Waals surface area contributed by atoms with Crippen molar-refractivity contribution >= 4 is 5.91 Å². The number of alkyl halides is 3. The summed E-state index contributed by atoms with van der Waals surface area (Å²) in [5, 5.41) is 10.6. The Bertz CT molecular complexity index is 701. The zero-order chi connectivity index (χ0) is 17.2. The molecular weight excluding hydrogens is 323 g/mol. The second-order valence-electron chi connectivity index (χ2n) is 5.73. The molecule has 0 radical (unpaired) electrons. The van der Waals surface area contributed by atoms with Crippen LogP contribution < -0.4 is 0 Å². The molecule has 1 atom stereocenters. The summed E-state index contributed by atoms with van der Waals surface area (Å²) in [6, 6.07) is 4.84. The summed E-state index contributed by atoms with van der Waals surface area (Å²) >= 11 is 0. The van der Waals surface area contributed by atoms with Crippen LogP contribution in [0.5, 0.6) is 0 Å². The number of carbonyl (C=O) groups excluding carboxylic acids is 1. The lowest BCUT2D eigenvalue weighted by Crippen LogP contribution is -2.40. The van der Waals surface area contributed by atoms with E-state index in [2.05, 4.69) is 15.5 Å². The van der Waals surface area contributed by atoms with Gasteiger partial charge in [-0.1, -0.05) is 12.1 Å². The molecule has 3 rings (SSSR count). The fourth-order valence-electron chi connectivity index (χ4n) is 2.98. The SMILES string of the molecule is O=C(Cn1cnnn1)N1CCCCC1c1cccc(C(F)(F)F)c1. The molecule has 0 saturated carbocycles. The van der Waals surface area contributed by atoms with E-state index in [0.717, 1.165) is 25.0 Å². The number of rotatable bonds is 3. The van der Waals surface area contributed by atoms with Crippen molar-refractivity contribution in [2.75, 3.05) is 6.54 Å². The molecule has 0 spiro atoms. The third-order valence-electron chi connectivity index (χ3n) is 4.11. The summed E-state index contributed by atoms with van der Waals surface area (Å²) < 4.78 is 40.1. The maximum atomic E-state index is 12.9. The predicted molar refractivity (Wildman–Crippen MR) is 77.6 cm³/mol. The van der Waals surface area contributed by atoms with Crippen LogP contribution in [0, 0.1) is 0 Å². The number of hydrogen-bond acceptors (Lipinski definition) is 4. The van der Waals surface area contributed by atoms with Crippen LogP contribution in [0.25, 0.3) is 0 Å². The highest BCUT2D eigenvalue weighted by atomic mass is 19.4. The first-order chi connectivity index (χ1) is 11.4. The van der Waals surface area contributed by atoms with Crippen molar-refractivity contribution in [3.63, 3.8) is 0 Å². The van der Waals surface area contributed by atoms with Gasteiger partial charge in [-0.25, -0.2) is 4.68 Å². The molecule has 24 heavy (non-hydrogen) atoms. The second-order valence-corrected chi connectivity index (χ2v) is 5.73. The van der Waals surface area contributed by atoms with Gasteiger partial charge in [0.05, 0.1) is 11.6 Å². The van der Waals surface area contributed by atoms with Crippen LogP contribution in [0.4, 0.5) is 13.2 Å². The molecule has 1 fully saturated rings. The monoisotopic (exact) mass is 339 g/mol. The van der Waals surface area contributed by atoms with Crippen LogP contribution in [0.1, 0.15) is 36.4 Å². The molecule has 1 amide bonds. The van der Waals surface area contributed by atoms with Crippen molar-refractivity contribution in [2.24, 2.45) is 0 Å². The van der Waals surface area contributed by atoms with Crippen molar-refractivity contribution in [3.8, 4) is 0 Å². The average Bonchev–Trinajstić information content (AvgIpc) is 3.07. The molecule has 128 valence electrons. The zero-order valence-electron chi connectivity index (χ0n) is 12.8. The Morgan fingerprint density at radius 3 is 2.83 bits per heavy atom. The van der Waals surface area contributed by atoms with Crippen molar-refractivity contribution in [2.45, 2.75) is 38.0 Å². The van der Waals surface area contributed by atoms with E-state index < -0.39 is 11.7 Å². The Hall–Kier alpha value is -2.45. The average molecular weight is 339 g/mol. The van der Waals surface area contributed by atoms with E-state index >= 15 is 0 Å². The van der Waals surface area contributed by atoms with Crippen LogP contribution in [0.2, 0.25) is 0 Å². The van der Waals surface area contributed by atoms with E-state index in [-0.39, 0.29) is 18.5 Å². The Morgan fingerprint density at radius 2 is 2.12 bits per heavy atom. The van der Waals surface area contributed by atoms with E-state index in [0.29, 0.717) is 18.5 Å². The molecule has 1 aliphatic rings. The van der Waals surface area contributed by atoms with Crippen LogP contribution in [0.3, 0.4) is 0 Å². The third kappa shape index (κ3) is 3.55. The quantitative estimate of drug-likeness (QED) is 0.862. The maximum absolute atomic E-state index is 12.9. The fourth-order valence-corrected chi connectivity index (χ4v) is 2.98. The molecular formula is C15H16F3N5O. The molecule has 2 heterocycles. The molecule has 0 aliphatic carbocycles. The highest BCUT2D eigenvalue weighted by Crippen LogP contribution is 2.35. The van der Waals surface area contributed by atoms with Gasteiger partial charge in [-0.15, -0.1) is 5.10 Å². The standard InChI is InChI=1S/C15H16F3N5O/c16-15(17,18)12-5-3-4-11(8-12)13-6-1-2-7-23(13)14(24)9-22-10-19-20-21-22/h3-5,8,10,13H,1-2,6-7,9H2. The summed E-state index contributed by atoms with van der Waals surface area (Å²) in [5.41, 5.74) is -0.187. The molecule has 1 saturated heterocycles. The number of aromatic nitrogens is 4. The van der Waals surface area contributed by atoms with Crippen LogP contribution in [-0.2, 0) is 17.5 Å². The molecule has 1 unspecified atom stereocenters. The molecule has 1 aromatic heterocycles. The lowest BCUT2D eigenvalue weighted by Gasteiger charge is -2.36. The normalized spacial score (nSPS) is 18.6. The highest BCUT2D eigenvalue weighted by molar-refractivity contribution is 5.76. The molecule has 9 heteroatoms. The van der Waals surface area contributed by atoms with E-state index in [1.54, 1.807) is 11.0 Å². The lowest BCUT2D eigenvalue weighted by atomic mass is 9.94. The Kier molecular flexibility index (Phi) is 4.50. The Morgan fingerprint density at radius 1 is 1.29 bits per heavy atom. The Balaban J connectivity index is 1.83. The summed E-state index contributed by atoms with van der Waals surface area (Å²) in [5.74, 6) is -0.204. The fraction of sp³-hybridized carbons (Fsp3) is 0.467. The minimum Gasteiger partial charge on any atom is -0.334 e. The van der Waals surface area contributed by atoms with Gasteiger partial charge < -0.3 is 4.90 Å². The van der Waals surface area contributed by atoms with E-state index in [1.165, 1.54) is 17.1 Å². The summed E-state index contributed by atoms with van der Waals surface area (Å²) in [4.78, 5) is 14.1. The molecule has 6 nitrogen and oxygen atoms in total. The van der Waals surface area contributed by atoms with Crippen LogP contribution >= 0.6 is 0 Å². The number of tetrazole rings is 1. The minimum atomic E-state index is -4.40. The number of amides is 1. The first-order valence-corrected chi connectivity index (χ1v) is 7.62. The molecule has 1 aromatic carbocycles.